The van der Waals surface area contributed by atoms with E-state index in [2.05, 4.69) is 50.2 Å². The molecule has 0 radical (unpaired) electrons. The Hall–Kier alpha value is -2.58. The van der Waals surface area contributed by atoms with Crippen LogP contribution in [0.5, 0.6) is 5.75 Å². The van der Waals surface area contributed by atoms with Crippen molar-refractivity contribution in [2.45, 2.75) is 51.7 Å². The van der Waals surface area contributed by atoms with Gasteiger partial charge in [0.05, 0.1) is 0 Å². The molecule has 0 aromatic heterocycles. The van der Waals surface area contributed by atoms with Gasteiger partial charge in [-0.05, 0) is 60.4 Å². The van der Waals surface area contributed by atoms with Gasteiger partial charge in [0.2, 0.25) is 6.29 Å². The number of hydrogen-bond acceptors (Lipinski definition) is 2. The van der Waals surface area contributed by atoms with Crippen LogP contribution in [0.3, 0.4) is 0 Å². The first-order valence-corrected chi connectivity index (χ1v) is 10.7. The number of aliphatic hydroxyl groups excluding tert-OH is 1. The summed E-state index contributed by atoms with van der Waals surface area (Å²) in [5.41, 5.74) is 5.74. The monoisotopic (exact) mass is 386 g/mol. The summed E-state index contributed by atoms with van der Waals surface area (Å²) in [5, 5.41) is 10.5. The van der Waals surface area contributed by atoms with Gasteiger partial charge in [-0.15, -0.1) is 0 Å². The van der Waals surface area contributed by atoms with Crippen LogP contribution in [0.2, 0.25) is 0 Å². The van der Waals surface area contributed by atoms with Crippen LogP contribution in [0.15, 0.2) is 72.8 Å². The predicted molar refractivity (Wildman–Crippen MR) is 119 cm³/mol. The fraction of sp³-hybridized carbons (Fsp3) is 0.333. The third-order valence-electron chi connectivity index (χ3n) is 6.20. The van der Waals surface area contributed by atoms with E-state index in [0.29, 0.717) is 11.7 Å². The van der Waals surface area contributed by atoms with E-state index >= 15 is 0 Å². The SMILES string of the molecule is Cc1ccc(-c2ccc(OC(O)c3ccc(C4CCC(C)CC4)cc3)cc2)cc1. The largest absolute Gasteiger partial charge is 0.461 e. The Morgan fingerprint density at radius 3 is 1.90 bits per heavy atom. The van der Waals surface area contributed by atoms with Crippen LogP contribution >= 0.6 is 0 Å². The number of aryl methyl sites for hydroxylation is 1. The van der Waals surface area contributed by atoms with Gasteiger partial charge in [0.25, 0.3) is 0 Å². The molecular weight excluding hydrogens is 356 g/mol. The highest BCUT2D eigenvalue weighted by Crippen LogP contribution is 2.36. The molecule has 0 spiro atoms. The van der Waals surface area contributed by atoms with E-state index in [0.717, 1.165) is 17.0 Å². The maximum absolute atomic E-state index is 10.5. The van der Waals surface area contributed by atoms with Crippen LogP contribution in [0.1, 0.15) is 61.5 Å². The summed E-state index contributed by atoms with van der Waals surface area (Å²) in [5.74, 6) is 2.18. The first-order valence-electron chi connectivity index (χ1n) is 10.7. The van der Waals surface area contributed by atoms with Crippen LogP contribution in [-0.4, -0.2) is 5.11 Å². The minimum absolute atomic E-state index is 0.660. The summed E-state index contributed by atoms with van der Waals surface area (Å²) < 4.78 is 5.77. The number of benzene rings is 3. The van der Waals surface area contributed by atoms with E-state index in [9.17, 15) is 5.11 Å². The van der Waals surface area contributed by atoms with E-state index in [-0.39, 0.29) is 0 Å². The van der Waals surface area contributed by atoms with Crippen LogP contribution < -0.4 is 4.74 Å². The van der Waals surface area contributed by atoms with E-state index in [1.807, 2.05) is 36.4 Å². The normalized spacial score (nSPS) is 20.2. The topological polar surface area (TPSA) is 29.5 Å². The smallest absolute Gasteiger partial charge is 0.224 e. The van der Waals surface area contributed by atoms with Crippen molar-refractivity contribution in [2.75, 3.05) is 0 Å². The van der Waals surface area contributed by atoms with Crippen molar-refractivity contribution in [1.29, 1.82) is 0 Å². The van der Waals surface area contributed by atoms with Gasteiger partial charge in [-0.2, -0.15) is 0 Å². The predicted octanol–water partition coefficient (Wildman–Crippen LogP) is 7.03. The van der Waals surface area contributed by atoms with Gasteiger partial charge in [-0.1, -0.05) is 86.0 Å². The lowest BCUT2D eigenvalue weighted by molar-refractivity contribution is -0.0194. The molecule has 0 bridgehead atoms. The summed E-state index contributed by atoms with van der Waals surface area (Å²) in [6.45, 7) is 4.44. The zero-order valence-corrected chi connectivity index (χ0v) is 17.3. The number of aliphatic hydroxyl groups is 1. The van der Waals surface area contributed by atoms with Crippen LogP contribution in [0, 0.1) is 12.8 Å². The van der Waals surface area contributed by atoms with Crippen molar-refractivity contribution >= 4 is 0 Å². The van der Waals surface area contributed by atoms with Gasteiger partial charge in [0.1, 0.15) is 5.75 Å². The van der Waals surface area contributed by atoms with E-state index in [4.69, 9.17) is 4.74 Å². The van der Waals surface area contributed by atoms with E-state index < -0.39 is 6.29 Å². The highest BCUT2D eigenvalue weighted by molar-refractivity contribution is 5.64. The molecule has 1 atom stereocenters. The van der Waals surface area contributed by atoms with Crippen LogP contribution in [-0.2, 0) is 0 Å². The Morgan fingerprint density at radius 2 is 1.31 bits per heavy atom. The molecule has 4 rings (SSSR count). The summed E-state index contributed by atoms with van der Waals surface area (Å²) in [4.78, 5) is 0. The summed E-state index contributed by atoms with van der Waals surface area (Å²) in [7, 11) is 0. The highest BCUT2D eigenvalue weighted by Gasteiger charge is 2.20. The number of rotatable bonds is 5. The Labute approximate surface area is 174 Å². The molecule has 1 fully saturated rings. The van der Waals surface area contributed by atoms with Crippen molar-refractivity contribution in [1.82, 2.24) is 0 Å². The van der Waals surface area contributed by atoms with Crippen LogP contribution in [0.25, 0.3) is 11.1 Å². The van der Waals surface area contributed by atoms with Crippen molar-refractivity contribution in [3.05, 3.63) is 89.5 Å². The molecule has 1 saturated carbocycles. The number of hydrogen-bond donors (Lipinski definition) is 1. The van der Waals surface area contributed by atoms with Crippen molar-refractivity contribution < 1.29 is 9.84 Å². The average molecular weight is 387 g/mol. The summed E-state index contributed by atoms with van der Waals surface area (Å²) in [6.07, 6.45) is 4.22. The lowest BCUT2D eigenvalue weighted by Gasteiger charge is -2.26. The molecule has 1 aliphatic rings. The second-order valence-corrected chi connectivity index (χ2v) is 8.48. The summed E-state index contributed by atoms with van der Waals surface area (Å²) >= 11 is 0. The molecule has 1 unspecified atom stereocenters. The Bertz CT molecular complexity index is 902. The van der Waals surface area contributed by atoms with Gasteiger partial charge in [0.15, 0.2) is 0 Å². The Balaban J connectivity index is 1.38. The zero-order valence-electron chi connectivity index (χ0n) is 17.3. The minimum atomic E-state index is -0.958. The maximum Gasteiger partial charge on any atom is 0.224 e. The molecule has 0 saturated heterocycles. The highest BCUT2D eigenvalue weighted by atomic mass is 16.6. The van der Waals surface area contributed by atoms with Crippen molar-refractivity contribution in [3.8, 4) is 16.9 Å². The minimum Gasteiger partial charge on any atom is -0.461 e. The quantitative estimate of drug-likeness (QED) is 0.477. The Morgan fingerprint density at radius 1 is 0.759 bits per heavy atom. The first kappa shape index (κ1) is 19.7. The van der Waals surface area contributed by atoms with E-state index in [1.165, 1.54) is 42.4 Å². The molecule has 0 heterocycles. The molecule has 3 aromatic carbocycles. The molecule has 1 N–H and O–H groups in total. The fourth-order valence-electron chi connectivity index (χ4n) is 4.20. The summed E-state index contributed by atoms with van der Waals surface area (Å²) in [6, 6.07) is 24.7. The maximum atomic E-state index is 10.5. The molecule has 0 aliphatic heterocycles. The fourth-order valence-corrected chi connectivity index (χ4v) is 4.20. The van der Waals surface area contributed by atoms with Gasteiger partial charge in [-0.25, -0.2) is 0 Å². The standard InChI is InChI=1S/C27H30O2/c1-19-3-7-21(8-4-19)23-11-13-25(14-12-23)27(28)29-26-17-15-24(16-18-26)22-9-5-20(2)6-10-22/h5-6,9-19,21,27-28H,3-4,7-8H2,1-2H3. The molecule has 2 heteroatoms. The van der Waals surface area contributed by atoms with Gasteiger partial charge < -0.3 is 9.84 Å². The molecule has 1 aliphatic carbocycles. The van der Waals surface area contributed by atoms with Crippen molar-refractivity contribution in [3.63, 3.8) is 0 Å². The van der Waals surface area contributed by atoms with Crippen molar-refractivity contribution in [2.24, 2.45) is 5.92 Å². The lowest BCUT2D eigenvalue weighted by Crippen LogP contribution is -2.11. The van der Waals surface area contributed by atoms with Crippen LogP contribution in [0.4, 0.5) is 0 Å². The third kappa shape index (κ3) is 4.89. The Kier molecular flexibility index (Phi) is 6.01. The third-order valence-corrected chi connectivity index (χ3v) is 6.20. The second-order valence-electron chi connectivity index (χ2n) is 8.48. The van der Waals surface area contributed by atoms with Gasteiger partial charge in [-0.3, -0.25) is 0 Å². The van der Waals surface area contributed by atoms with Gasteiger partial charge in [0, 0.05) is 5.56 Å². The average Bonchev–Trinajstić information content (AvgIpc) is 2.76. The molecule has 0 amide bonds. The van der Waals surface area contributed by atoms with Gasteiger partial charge >= 0.3 is 0 Å². The lowest BCUT2D eigenvalue weighted by atomic mass is 9.79. The molecule has 29 heavy (non-hydrogen) atoms. The van der Waals surface area contributed by atoms with E-state index in [1.54, 1.807) is 0 Å². The molecule has 150 valence electrons. The number of ether oxygens (including phenoxy) is 1. The second kappa shape index (κ2) is 8.84. The molecular formula is C27H30O2. The molecule has 3 aromatic rings. The molecule has 2 nitrogen and oxygen atoms in total. The zero-order chi connectivity index (χ0) is 20.2. The first-order chi connectivity index (χ1) is 14.1.